The Hall–Kier alpha value is -1.69. The number of hydrogen-bond acceptors (Lipinski definition) is 3. The topological polar surface area (TPSA) is 56.7 Å². The molecule has 1 aliphatic heterocycles. The first-order chi connectivity index (χ1) is 10.1. The van der Waals surface area contributed by atoms with E-state index in [2.05, 4.69) is 18.8 Å². The van der Waals surface area contributed by atoms with E-state index in [-0.39, 0.29) is 17.9 Å². The summed E-state index contributed by atoms with van der Waals surface area (Å²) in [6, 6.07) is 2.37. The zero-order valence-electron chi connectivity index (χ0n) is 14.2. The van der Waals surface area contributed by atoms with Crippen LogP contribution >= 0.6 is 0 Å². The monoisotopic (exact) mass is 311 g/mol. The lowest BCUT2D eigenvalue weighted by molar-refractivity contribution is 0.138. The predicted octanol–water partition coefficient (Wildman–Crippen LogP) is 3.28. The van der Waals surface area contributed by atoms with Crippen LogP contribution in [0.5, 0.6) is 0 Å². The highest BCUT2D eigenvalue weighted by atomic mass is 19.1. The number of anilines is 1. The number of amides is 2. The largest absolute Gasteiger partial charge is 0.371 e. The minimum Gasteiger partial charge on any atom is -0.371 e. The minimum atomic E-state index is -1.52. The zero-order chi connectivity index (χ0) is 17.1. The van der Waals surface area contributed by atoms with E-state index in [1.54, 1.807) is 20.0 Å². The van der Waals surface area contributed by atoms with Crippen molar-refractivity contribution in [1.82, 2.24) is 9.88 Å². The predicted molar refractivity (Wildman–Crippen MR) is 85.4 cm³/mol. The molecule has 0 bridgehead atoms. The van der Waals surface area contributed by atoms with Gasteiger partial charge in [0, 0.05) is 13.2 Å². The van der Waals surface area contributed by atoms with Gasteiger partial charge < -0.3 is 10.0 Å². The van der Waals surface area contributed by atoms with Gasteiger partial charge >= 0.3 is 6.03 Å². The number of hydrogen-bond donors (Lipinski definition) is 1. The smallest absolute Gasteiger partial charge is 0.328 e. The normalized spacial score (nSPS) is 21.7. The Labute approximate surface area is 131 Å². The first-order valence-electron chi connectivity index (χ1n) is 7.54. The van der Waals surface area contributed by atoms with E-state index in [4.69, 9.17) is 0 Å². The number of aromatic nitrogens is 1. The summed E-state index contributed by atoms with van der Waals surface area (Å²) in [6.07, 6.45) is 1.71. The van der Waals surface area contributed by atoms with Gasteiger partial charge in [-0.05, 0) is 38.5 Å². The summed E-state index contributed by atoms with van der Waals surface area (Å²) in [5.41, 5.74) is -1.11. The van der Waals surface area contributed by atoms with Crippen LogP contribution in [0.4, 0.5) is 15.0 Å². The molecule has 1 saturated heterocycles. The van der Waals surface area contributed by atoms with Gasteiger partial charge in [0.15, 0.2) is 6.23 Å². The molecular formula is C16H26FN3O2. The van der Waals surface area contributed by atoms with Crippen molar-refractivity contribution in [3.63, 3.8) is 0 Å². The maximum Gasteiger partial charge on any atom is 0.328 e. The van der Waals surface area contributed by atoms with Crippen LogP contribution in [0.3, 0.4) is 0 Å². The standard InChI is InChI=1S/C13H18FN3O2.C3H8/c1-8-11(18)17(12(19)16(8)4)10-7-9(5-6-15-10)13(2,3)14;1-3-2/h5-8,11,18H,1-4H3;3H2,1-2H3. The van der Waals surface area contributed by atoms with Crippen LogP contribution in [0.1, 0.15) is 46.6 Å². The van der Waals surface area contributed by atoms with Crippen LogP contribution in [0, 0.1) is 0 Å². The second kappa shape index (κ2) is 7.05. The second-order valence-electron chi connectivity index (χ2n) is 6.00. The van der Waals surface area contributed by atoms with E-state index in [1.165, 1.54) is 42.3 Å². The summed E-state index contributed by atoms with van der Waals surface area (Å²) in [7, 11) is 1.61. The van der Waals surface area contributed by atoms with E-state index in [9.17, 15) is 14.3 Å². The van der Waals surface area contributed by atoms with Gasteiger partial charge in [-0.3, -0.25) is 0 Å². The van der Waals surface area contributed by atoms with Gasteiger partial charge in [-0.15, -0.1) is 0 Å². The number of pyridine rings is 1. The third kappa shape index (κ3) is 3.74. The summed E-state index contributed by atoms with van der Waals surface area (Å²) in [4.78, 5) is 18.7. The summed E-state index contributed by atoms with van der Waals surface area (Å²) >= 11 is 0. The fourth-order valence-electron chi connectivity index (χ4n) is 2.03. The highest BCUT2D eigenvalue weighted by molar-refractivity contribution is 5.94. The highest BCUT2D eigenvalue weighted by Gasteiger charge is 2.42. The summed E-state index contributed by atoms with van der Waals surface area (Å²) in [6.45, 7) is 8.86. The molecule has 2 rings (SSSR count). The summed E-state index contributed by atoms with van der Waals surface area (Å²) < 4.78 is 13.9. The van der Waals surface area contributed by atoms with Gasteiger partial charge in [-0.2, -0.15) is 0 Å². The Balaban J connectivity index is 0.000000745. The molecule has 5 nitrogen and oxygen atoms in total. The van der Waals surface area contributed by atoms with Crippen molar-refractivity contribution < 1.29 is 14.3 Å². The van der Waals surface area contributed by atoms with Crippen LogP contribution < -0.4 is 4.90 Å². The molecule has 2 atom stereocenters. The average Bonchev–Trinajstić information content (AvgIpc) is 2.63. The van der Waals surface area contributed by atoms with Crippen LogP contribution in [0.15, 0.2) is 18.3 Å². The lowest BCUT2D eigenvalue weighted by Gasteiger charge is -2.21. The Kier molecular flexibility index (Phi) is 5.88. The maximum atomic E-state index is 13.9. The summed E-state index contributed by atoms with van der Waals surface area (Å²) in [5, 5.41) is 10.1. The van der Waals surface area contributed by atoms with Crippen molar-refractivity contribution in [2.45, 2.75) is 59.0 Å². The molecule has 2 heterocycles. The number of nitrogens with zero attached hydrogens (tertiary/aromatic N) is 3. The third-order valence-corrected chi connectivity index (χ3v) is 3.49. The molecule has 0 aromatic carbocycles. The average molecular weight is 311 g/mol. The molecule has 1 aromatic heterocycles. The molecule has 0 saturated carbocycles. The number of carbonyl (C=O) groups is 1. The number of likely N-dealkylation sites (N-methyl/N-ethyl adjacent to an activating group) is 1. The van der Waals surface area contributed by atoms with Crippen LogP contribution in [0.2, 0.25) is 0 Å². The Morgan fingerprint density at radius 3 is 2.36 bits per heavy atom. The molecule has 124 valence electrons. The van der Waals surface area contributed by atoms with E-state index in [1.807, 2.05) is 0 Å². The van der Waals surface area contributed by atoms with Gasteiger partial charge in [0.25, 0.3) is 0 Å². The number of rotatable bonds is 2. The molecule has 1 aromatic rings. The number of aliphatic hydroxyl groups excluding tert-OH is 1. The van der Waals surface area contributed by atoms with Crippen molar-refractivity contribution in [2.24, 2.45) is 0 Å². The van der Waals surface area contributed by atoms with Gasteiger partial charge in [0.05, 0.1) is 6.04 Å². The van der Waals surface area contributed by atoms with Crippen molar-refractivity contribution in [1.29, 1.82) is 0 Å². The van der Waals surface area contributed by atoms with E-state index < -0.39 is 11.9 Å². The molecule has 0 aliphatic carbocycles. The molecule has 6 heteroatoms. The van der Waals surface area contributed by atoms with E-state index in [0.29, 0.717) is 5.56 Å². The highest BCUT2D eigenvalue weighted by Crippen LogP contribution is 2.30. The van der Waals surface area contributed by atoms with Gasteiger partial charge in [-0.25, -0.2) is 19.1 Å². The SMILES string of the molecule is CC1C(O)N(c2cc(C(C)(C)F)ccn2)C(=O)N1C.CCC. The lowest BCUT2D eigenvalue weighted by atomic mass is 10.0. The molecule has 0 spiro atoms. The van der Waals surface area contributed by atoms with E-state index >= 15 is 0 Å². The van der Waals surface area contributed by atoms with Crippen molar-refractivity contribution in [3.05, 3.63) is 23.9 Å². The molecule has 2 unspecified atom stereocenters. The second-order valence-corrected chi connectivity index (χ2v) is 6.00. The number of alkyl halides is 1. The number of urea groups is 1. The Morgan fingerprint density at radius 1 is 1.41 bits per heavy atom. The fourth-order valence-corrected chi connectivity index (χ4v) is 2.03. The maximum absolute atomic E-state index is 13.9. The Bertz CT molecular complexity index is 516. The molecular weight excluding hydrogens is 285 g/mol. The Morgan fingerprint density at radius 2 is 1.95 bits per heavy atom. The van der Waals surface area contributed by atoms with Crippen molar-refractivity contribution in [2.75, 3.05) is 11.9 Å². The fraction of sp³-hybridized carbons (Fsp3) is 0.625. The van der Waals surface area contributed by atoms with Crippen LogP contribution in [-0.2, 0) is 5.67 Å². The van der Waals surface area contributed by atoms with E-state index in [0.717, 1.165) is 0 Å². The minimum absolute atomic E-state index is 0.261. The van der Waals surface area contributed by atoms with Gasteiger partial charge in [-0.1, -0.05) is 20.3 Å². The quantitative estimate of drug-likeness (QED) is 0.912. The first kappa shape index (κ1) is 18.4. The first-order valence-corrected chi connectivity index (χ1v) is 7.54. The molecule has 2 amide bonds. The zero-order valence-corrected chi connectivity index (χ0v) is 14.2. The van der Waals surface area contributed by atoms with Gasteiger partial charge in [0.2, 0.25) is 0 Å². The molecule has 0 radical (unpaired) electrons. The molecule has 22 heavy (non-hydrogen) atoms. The number of carbonyl (C=O) groups excluding carboxylic acids is 1. The third-order valence-electron chi connectivity index (χ3n) is 3.49. The number of aliphatic hydroxyl groups is 1. The van der Waals surface area contributed by atoms with Crippen LogP contribution in [0.25, 0.3) is 0 Å². The van der Waals surface area contributed by atoms with Gasteiger partial charge in [0.1, 0.15) is 11.5 Å². The van der Waals surface area contributed by atoms with Crippen molar-refractivity contribution >= 4 is 11.8 Å². The summed E-state index contributed by atoms with van der Waals surface area (Å²) in [5.74, 6) is 0.261. The molecule has 1 fully saturated rings. The molecule has 1 N–H and O–H groups in total. The lowest BCUT2D eigenvalue weighted by Crippen LogP contribution is -2.36. The number of halogens is 1. The molecule has 1 aliphatic rings. The van der Waals surface area contributed by atoms with Crippen molar-refractivity contribution in [3.8, 4) is 0 Å². The van der Waals surface area contributed by atoms with Crippen LogP contribution in [-0.4, -0.2) is 40.3 Å².